The van der Waals surface area contributed by atoms with Crippen molar-refractivity contribution in [3.63, 3.8) is 0 Å². The molecule has 9 nitrogen and oxygen atoms in total. The standard InChI is InChI=1S/C21H20BrF2N5O4/c1-12-28-20(33-11-13-3-4-14(23)7-16(13)24)18(22)21(31)29(12)10-15-8-27-17(9-26-15)19(30)25-5-6-32-2/h3-4,7-9H,5-6,10-11H2,1-2H3,(H,25,30). The minimum absolute atomic E-state index is 0.0216. The topological polar surface area (TPSA) is 108 Å². The molecule has 174 valence electrons. The van der Waals surface area contributed by atoms with Crippen molar-refractivity contribution in [1.82, 2.24) is 24.8 Å². The summed E-state index contributed by atoms with van der Waals surface area (Å²) in [6.07, 6.45) is 2.71. The fraction of sp³-hybridized carbons (Fsp3) is 0.286. The summed E-state index contributed by atoms with van der Waals surface area (Å²) >= 11 is 3.17. The average molecular weight is 524 g/mol. The third-order valence-electron chi connectivity index (χ3n) is 4.50. The number of rotatable bonds is 9. The van der Waals surface area contributed by atoms with Crippen molar-refractivity contribution < 1.29 is 23.0 Å². The van der Waals surface area contributed by atoms with Crippen LogP contribution in [0.1, 0.15) is 27.6 Å². The molecule has 0 saturated heterocycles. The molecule has 0 aliphatic heterocycles. The molecule has 3 aromatic rings. The lowest BCUT2D eigenvalue weighted by Gasteiger charge is -2.13. The third kappa shape index (κ3) is 6.17. The highest BCUT2D eigenvalue weighted by atomic mass is 79.9. The van der Waals surface area contributed by atoms with E-state index in [4.69, 9.17) is 9.47 Å². The van der Waals surface area contributed by atoms with Crippen molar-refractivity contribution in [1.29, 1.82) is 0 Å². The first-order valence-electron chi connectivity index (χ1n) is 9.72. The summed E-state index contributed by atoms with van der Waals surface area (Å²) in [5.74, 6) is -1.54. The van der Waals surface area contributed by atoms with Gasteiger partial charge in [-0.1, -0.05) is 0 Å². The first kappa shape index (κ1) is 24.4. The Kier molecular flexibility index (Phi) is 8.17. The molecule has 0 unspecified atom stereocenters. The van der Waals surface area contributed by atoms with E-state index in [0.29, 0.717) is 24.7 Å². The fourth-order valence-electron chi connectivity index (χ4n) is 2.75. The zero-order valence-corrected chi connectivity index (χ0v) is 19.4. The van der Waals surface area contributed by atoms with Gasteiger partial charge in [-0.05, 0) is 35.0 Å². The van der Waals surface area contributed by atoms with E-state index in [0.717, 1.165) is 12.1 Å². The highest BCUT2D eigenvalue weighted by molar-refractivity contribution is 9.10. The Morgan fingerprint density at radius 2 is 2.03 bits per heavy atom. The number of nitrogens with one attached hydrogen (secondary N) is 1. The molecule has 2 aromatic heterocycles. The van der Waals surface area contributed by atoms with Crippen molar-refractivity contribution >= 4 is 21.8 Å². The molecule has 0 saturated carbocycles. The van der Waals surface area contributed by atoms with Crippen LogP contribution in [0.5, 0.6) is 5.88 Å². The first-order valence-corrected chi connectivity index (χ1v) is 10.5. The number of nitrogens with zero attached hydrogens (tertiary/aromatic N) is 4. The maximum Gasteiger partial charge on any atom is 0.272 e. The highest BCUT2D eigenvalue weighted by Crippen LogP contribution is 2.21. The second kappa shape index (κ2) is 11.1. The Morgan fingerprint density at radius 3 is 2.70 bits per heavy atom. The second-order valence-corrected chi connectivity index (χ2v) is 7.63. The highest BCUT2D eigenvalue weighted by Gasteiger charge is 2.16. The van der Waals surface area contributed by atoms with Gasteiger partial charge in [0.1, 0.15) is 34.2 Å². The maximum atomic E-state index is 13.8. The molecule has 0 atom stereocenters. The van der Waals surface area contributed by atoms with Crippen LogP contribution >= 0.6 is 15.9 Å². The van der Waals surface area contributed by atoms with Gasteiger partial charge in [-0.3, -0.25) is 19.1 Å². The van der Waals surface area contributed by atoms with Crippen LogP contribution in [0.25, 0.3) is 0 Å². The molecule has 1 N–H and O–H groups in total. The number of hydrogen-bond donors (Lipinski definition) is 1. The van der Waals surface area contributed by atoms with Gasteiger partial charge in [-0.15, -0.1) is 0 Å². The van der Waals surface area contributed by atoms with Crippen LogP contribution in [-0.2, 0) is 17.9 Å². The minimum atomic E-state index is -0.759. The van der Waals surface area contributed by atoms with Crippen LogP contribution in [0.4, 0.5) is 8.78 Å². The summed E-state index contributed by atoms with van der Waals surface area (Å²) in [4.78, 5) is 37.3. The van der Waals surface area contributed by atoms with E-state index in [1.807, 2.05) is 0 Å². The number of aryl methyl sites for hydroxylation is 1. The number of carbonyl (C=O) groups is 1. The number of benzene rings is 1. The Labute approximate surface area is 195 Å². The van der Waals surface area contributed by atoms with E-state index in [9.17, 15) is 18.4 Å². The molecule has 0 spiro atoms. The molecule has 12 heteroatoms. The summed E-state index contributed by atoms with van der Waals surface area (Å²) in [5, 5.41) is 2.64. The number of methoxy groups -OCH3 is 1. The molecular weight excluding hydrogens is 504 g/mol. The first-order chi connectivity index (χ1) is 15.8. The van der Waals surface area contributed by atoms with Gasteiger partial charge in [0.05, 0.1) is 31.2 Å². The number of halogens is 3. The van der Waals surface area contributed by atoms with Gasteiger partial charge in [-0.2, -0.15) is 4.98 Å². The van der Waals surface area contributed by atoms with E-state index < -0.39 is 17.2 Å². The van der Waals surface area contributed by atoms with Crippen LogP contribution < -0.4 is 15.6 Å². The number of carbonyl (C=O) groups excluding carboxylic acids is 1. The summed E-state index contributed by atoms with van der Waals surface area (Å²) in [7, 11) is 1.53. The molecule has 0 bridgehead atoms. The normalized spacial score (nSPS) is 10.8. The lowest BCUT2D eigenvalue weighted by molar-refractivity contribution is 0.0931. The SMILES string of the molecule is COCCNC(=O)c1cnc(Cn2c(C)nc(OCc3ccc(F)cc3F)c(Br)c2=O)cn1. The molecule has 0 fully saturated rings. The summed E-state index contributed by atoms with van der Waals surface area (Å²) < 4.78 is 38.6. The molecule has 0 aliphatic rings. The Hall–Kier alpha value is -3.25. The number of amides is 1. The molecule has 1 amide bonds. The zero-order valence-electron chi connectivity index (χ0n) is 17.8. The van der Waals surface area contributed by atoms with Crippen molar-refractivity contribution in [2.45, 2.75) is 20.1 Å². The summed E-state index contributed by atoms with van der Waals surface area (Å²) in [6, 6.07) is 3.12. The maximum absolute atomic E-state index is 13.8. The zero-order chi connectivity index (χ0) is 24.0. The lowest BCUT2D eigenvalue weighted by Crippen LogP contribution is -2.28. The van der Waals surface area contributed by atoms with Gasteiger partial charge in [0, 0.05) is 25.3 Å². The van der Waals surface area contributed by atoms with Gasteiger partial charge in [-0.25, -0.2) is 13.8 Å². The van der Waals surface area contributed by atoms with Crippen molar-refractivity contribution in [2.24, 2.45) is 0 Å². The number of ether oxygens (including phenoxy) is 2. The largest absolute Gasteiger partial charge is 0.472 e. The van der Waals surface area contributed by atoms with Crippen molar-refractivity contribution in [3.05, 3.63) is 79.8 Å². The van der Waals surface area contributed by atoms with Crippen molar-refractivity contribution in [2.75, 3.05) is 20.3 Å². The monoisotopic (exact) mass is 523 g/mol. The van der Waals surface area contributed by atoms with Gasteiger partial charge >= 0.3 is 0 Å². The molecule has 33 heavy (non-hydrogen) atoms. The van der Waals surface area contributed by atoms with E-state index in [1.54, 1.807) is 6.92 Å². The van der Waals surface area contributed by atoms with Crippen molar-refractivity contribution in [3.8, 4) is 5.88 Å². The Bertz CT molecular complexity index is 1200. The lowest BCUT2D eigenvalue weighted by atomic mass is 10.2. The van der Waals surface area contributed by atoms with Gasteiger partial charge in [0.2, 0.25) is 5.88 Å². The predicted octanol–water partition coefficient (Wildman–Crippen LogP) is 2.39. The Balaban J connectivity index is 1.72. The molecule has 2 heterocycles. The smallest absolute Gasteiger partial charge is 0.272 e. The predicted molar refractivity (Wildman–Crippen MR) is 117 cm³/mol. The average Bonchev–Trinajstić information content (AvgIpc) is 2.79. The molecular formula is C21H20BrF2N5O4. The van der Waals surface area contributed by atoms with E-state index in [-0.39, 0.29) is 40.7 Å². The third-order valence-corrected chi connectivity index (χ3v) is 5.18. The van der Waals surface area contributed by atoms with Crippen LogP contribution in [0.2, 0.25) is 0 Å². The molecule has 3 rings (SSSR count). The fourth-order valence-corrected chi connectivity index (χ4v) is 3.17. The van der Waals surface area contributed by atoms with E-state index >= 15 is 0 Å². The van der Waals surface area contributed by atoms with Crippen LogP contribution in [0.3, 0.4) is 0 Å². The molecule has 0 radical (unpaired) electrons. The van der Waals surface area contributed by atoms with Crippen LogP contribution in [-0.4, -0.2) is 45.7 Å². The Morgan fingerprint density at radius 1 is 1.24 bits per heavy atom. The van der Waals surface area contributed by atoms with Crippen LogP contribution in [0.15, 0.2) is 39.9 Å². The second-order valence-electron chi connectivity index (χ2n) is 6.84. The number of aromatic nitrogens is 4. The quantitative estimate of drug-likeness (QED) is 0.429. The van der Waals surface area contributed by atoms with E-state index in [2.05, 4.69) is 36.2 Å². The summed E-state index contributed by atoms with van der Waals surface area (Å²) in [6.45, 7) is 2.14. The van der Waals surface area contributed by atoms with Gasteiger partial charge in [0.25, 0.3) is 11.5 Å². The van der Waals surface area contributed by atoms with Gasteiger partial charge in [0.15, 0.2) is 0 Å². The number of hydrogen-bond acceptors (Lipinski definition) is 7. The van der Waals surface area contributed by atoms with Gasteiger partial charge < -0.3 is 14.8 Å². The molecule has 0 aliphatic carbocycles. The van der Waals surface area contributed by atoms with Crippen LogP contribution in [0, 0.1) is 18.6 Å². The summed E-state index contributed by atoms with van der Waals surface area (Å²) in [5.41, 5.74) is 0.244. The molecule has 1 aromatic carbocycles. The van der Waals surface area contributed by atoms with E-state index in [1.165, 1.54) is 30.1 Å². The minimum Gasteiger partial charge on any atom is -0.472 e.